The second-order valence-corrected chi connectivity index (χ2v) is 25.6. The van der Waals surface area contributed by atoms with Crippen molar-refractivity contribution in [2.45, 2.75) is 83.2 Å². The highest BCUT2D eigenvalue weighted by molar-refractivity contribution is 7.02. The van der Waals surface area contributed by atoms with Crippen molar-refractivity contribution in [1.29, 1.82) is 0 Å². The second kappa shape index (κ2) is 14.2. The van der Waals surface area contributed by atoms with Crippen LogP contribution >= 0.6 is 0 Å². The van der Waals surface area contributed by atoms with Gasteiger partial charge in [-0.05, 0) is 175 Å². The number of hydrogen-bond acceptors (Lipinski definition) is 2. The zero-order valence-corrected chi connectivity index (χ0v) is 40.0. The molecule has 0 unspecified atom stereocenters. The minimum atomic E-state index is -1.86. The Morgan fingerprint density at radius 1 is 0.455 bits per heavy atom. The zero-order chi connectivity index (χ0) is 44.7. The van der Waals surface area contributed by atoms with Crippen molar-refractivity contribution in [3.63, 3.8) is 0 Å². The van der Waals surface area contributed by atoms with Gasteiger partial charge in [-0.1, -0.05) is 156 Å². The molecule has 2 heterocycles. The lowest BCUT2D eigenvalue weighted by Gasteiger charge is -2.41. The van der Waals surface area contributed by atoms with Crippen molar-refractivity contribution in [3.8, 4) is 22.3 Å². The first-order valence-corrected chi connectivity index (χ1v) is 27.2. The van der Waals surface area contributed by atoms with Crippen molar-refractivity contribution < 1.29 is 0 Å². The van der Waals surface area contributed by atoms with E-state index in [1.807, 2.05) is 0 Å². The molecule has 0 saturated heterocycles. The van der Waals surface area contributed by atoms with Gasteiger partial charge < -0.3 is 9.80 Å². The van der Waals surface area contributed by atoms with Crippen LogP contribution in [0.2, 0.25) is 13.1 Å². The number of benzene rings is 8. The SMILES string of the molecule is CC1(C)c2cc(C=Cc3cc4c(cc3C3CC3)-c3ccc(N5c6ccccc6CCc6ccccc65)cc3C4(C)C)ccc2-c2ccc(N3c4ccccc4[Si](C)(C)c4ccccc43)cc21. The molecule has 0 spiro atoms. The van der Waals surface area contributed by atoms with Crippen LogP contribution in [0.4, 0.5) is 34.1 Å². The van der Waals surface area contributed by atoms with Gasteiger partial charge in [-0.15, -0.1) is 0 Å². The van der Waals surface area contributed by atoms with Crippen LogP contribution < -0.4 is 20.2 Å². The molecule has 3 heteroatoms. The lowest BCUT2D eigenvalue weighted by atomic mass is 9.81. The second-order valence-electron chi connectivity index (χ2n) is 21.2. The molecule has 3 aliphatic carbocycles. The quantitative estimate of drug-likeness (QED) is 0.126. The Balaban J connectivity index is 0.841. The molecule has 66 heavy (non-hydrogen) atoms. The van der Waals surface area contributed by atoms with Crippen molar-refractivity contribution in [2.75, 3.05) is 9.80 Å². The number of nitrogens with zero attached hydrogens (tertiary/aromatic N) is 2. The molecule has 8 aromatic carbocycles. The Bertz CT molecular complexity index is 3280. The van der Waals surface area contributed by atoms with E-state index in [4.69, 9.17) is 0 Å². The summed E-state index contributed by atoms with van der Waals surface area (Å²) < 4.78 is 0. The summed E-state index contributed by atoms with van der Waals surface area (Å²) in [6.07, 6.45) is 9.44. The number of aryl methyl sites for hydroxylation is 2. The summed E-state index contributed by atoms with van der Waals surface area (Å²) in [4.78, 5) is 5.04. The summed E-state index contributed by atoms with van der Waals surface area (Å²) in [6.45, 7) is 14.7. The molecular formula is C63H56N2Si. The molecule has 322 valence electrons. The number of rotatable bonds is 5. The number of fused-ring (bicyclic) bond motifs is 10. The van der Waals surface area contributed by atoms with Gasteiger partial charge in [0.05, 0.1) is 0 Å². The van der Waals surface area contributed by atoms with Crippen LogP contribution in [0.15, 0.2) is 164 Å². The van der Waals surface area contributed by atoms with E-state index in [0.29, 0.717) is 5.92 Å². The monoisotopic (exact) mass is 868 g/mol. The van der Waals surface area contributed by atoms with E-state index in [1.165, 1.54) is 130 Å². The Hall–Kier alpha value is -6.68. The van der Waals surface area contributed by atoms with Gasteiger partial charge in [-0.3, -0.25) is 0 Å². The first kappa shape index (κ1) is 39.7. The van der Waals surface area contributed by atoms with Crippen LogP contribution in [0.1, 0.15) is 96.5 Å². The Labute approximate surface area is 391 Å². The smallest absolute Gasteiger partial charge is 0.117 e. The number of anilines is 6. The summed E-state index contributed by atoms with van der Waals surface area (Å²) in [5.74, 6) is 0.626. The zero-order valence-electron chi connectivity index (χ0n) is 39.0. The van der Waals surface area contributed by atoms with Crippen molar-refractivity contribution in [2.24, 2.45) is 0 Å². The predicted octanol–water partition coefficient (Wildman–Crippen LogP) is 15.5. The van der Waals surface area contributed by atoms with Gasteiger partial charge in [0.15, 0.2) is 0 Å². The third kappa shape index (κ3) is 5.78. The van der Waals surface area contributed by atoms with Crippen LogP contribution in [0.25, 0.3) is 34.4 Å². The summed E-state index contributed by atoms with van der Waals surface area (Å²) in [7, 11) is -1.86. The van der Waals surface area contributed by atoms with Crippen LogP contribution in [-0.4, -0.2) is 8.07 Å². The standard InChI is InChI=1S/C63H56N2Si/c1-62(2)52-35-40(24-32-47(52)48-33-30-46(38-54(48)62)65-58-19-11-13-21-60(58)66(5,6)61-22-14-12-20-59(61)65)23-25-44-36-53-51(39-50(44)41-26-27-41)49-34-31-45(37-55(49)63(53,3)4)64-56-17-9-7-15-42(56)28-29-43-16-8-10-18-57(43)64/h7-25,30-39,41H,26-29H2,1-6H3. The van der Waals surface area contributed by atoms with Crippen LogP contribution in [0.3, 0.4) is 0 Å². The minimum absolute atomic E-state index is 0.144. The third-order valence-corrected chi connectivity index (χ3v) is 19.8. The van der Waals surface area contributed by atoms with E-state index >= 15 is 0 Å². The molecule has 0 amide bonds. The molecule has 0 radical (unpaired) electrons. The topological polar surface area (TPSA) is 6.48 Å². The van der Waals surface area contributed by atoms with Gasteiger partial charge in [0.2, 0.25) is 0 Å². The molecule has 0 aromatic heterocycles. The summed E-state index contributed by atoms with van der Waals surface area (Å²) >= 11 is 0. The number of hydrogen-bond donors (Lipinski definition) is 0. The summed E-state index contributed by atoms with van der Waals surface area (Å²) in [5, 5.41) is 3.00. The first-order chi connectivity index (χ1) is 32.0. The van der Waals surface area contributed by atoms with Gasteiger partial charge in [0, 0.05) is 45.0 Å². The van der Waals surface area contributed by atoms with Crippen LogP contribution in [-0.2, 0) is 23.7 Å². The largest absolute Gasteiger partial charge is 0.311 e. The molecular weight excluding hydrogens is 813 g/mol. The maximum atomic E-state index is 2.57. The third-order valence-electron chi connectivity index (χ3n) is 16.3. The maximum absolute atomic E-state index is 2.57. The fourth-order valence-corrected chi connectivity index (χ4v) is 15.5. The van der Waals surface area contributed by atoms with Gasteiger partial charge in [-0.2, -0.15) is 0 Å². The van der Waals surface area contributed by atoms with E-state index in [2.05, 4.69) is 227 Å². The molecule has 2 aliphatic heterocycles. The molecule has 0 atom stereocenters. The lowest BCUT2D eigenvalue weighted by molar-refractivity contribution is 0.660. The van der Waals surface area contributed by atoms with E-state index in [0.717, 1.165) is 12.8 Å². The molecule has 0 N–H and O–H groups in total. The van der Waals surface area contributed by atoms with Gasteiger partial charge >= 0.3 is 0 Å². The predicted molar refractivity (Wildman–Crippen MR) is 282 cm³/mol. The molecule has 1 fully saturated rings. The fraction of sp³-hybridized carbons (Fsp3) is 0.206. The highest BCUT2D eigenvalue weighted by Gasteiger charge is 2.41. The molecule has 0 bridgehead atoms. The van der Waals surface area contributed by atoms with E-state index < -0.39 is 8.07 Å². The Morgan fingerprint density at radius 3 is 1.47 bits per heavy atom. The lowest BCUT2D eigenvalue weighted by Crippen LogP contribution is -2.58. The van der Waals surface area contributed by atoms with E-state index in [-0.39, 0.29) is 10.8 Å². The Kier molecular flexibility index (Phi) is 8.51. The molecule has 2 nitrogen and oxygen atoms in total. The Morgan fingerprint density at radius 2 is 0.909 bits per heavy atom. The van der Waals surface area contributed by atoms with Gasteiger partial charge in [0.25, 0.3) is 0 Å². The van der Waals surface area contributed by atoms with Gasteiger partial charge in [0.1, 0.15) is 8.07 Å². The molecule has 8 aromatic rings. The molecule has 1 saturated carbocycles. The normalized spacial score (nSPS) is 17.5. The van der Waals surface area contributed by atoms with Crippen molar-refractivity contribution in [1.82, 2.24) is 0 Å². The average Bonchev–Trinajstić information content (AvgIpc) is 4.15. The number of para-hydroxylation sites is 4. The van der Waals surface area contributed by atoms with Crippen molar-refractivity contribution in [3.05, 3.63) is 214 Å². The highest BCUT2D eigenvalue weighted by atomic mass is 28.3. The molecule has 13 rings (SSSR count). The van der Waals surface area contributed by atoms with Crippen molar-refractivity contribution >= 4 is 64.7 Å². The van der Waals surface area contributed by atoms with E-state index in [1.54, 1.807) is 0 Å². The highest BCUT2D eigenvalue weighted by Crippen LogP contribution is 2.55. The summed E-state index contributed by atoms with van der Waals surface area (Å²) in [6, 6.07) is 63.0. The van der Waals surface area contributed by atoms with Gasteiger partial charge in [-0.25, -0.2) is 0 Å². The first-order valence-electron chi connectivity index (χ1n) is 24.2. The van der Waals surface area contributed by atoms with Crippen LogP contribution in [0.5, 0.6) is 0 Å². The average molecular weight is 869 g/mol. The molecule has 5 aliphatic rings. The minimum Gasteiger partial charge on any atom is -0.311 e. The fourth-order valence-electron chi connectivity index (χ4n) is 12.5. The van der Waals surface area contributed by atoms with E-state index in [9.17, 15) is 0 Å². The summed E-state index contributed by atoms with van der Waals surface area (Å²) in [5.41, 5.74) is 25.5. The van der Waals surface area contributed by atoms with Crippen LogP contribution in [0, 0.1) is 0 Å². The maximum Gasteiger partial charge on any atom is 0.117 e.